The largest absolute Gasteiger partial charge is 0.481 e. The molecular formula is C10H17NO2. The maximum Gasteiger partial charge on any atom is 0.308 e. The number of rotatable bonds is 3. The highest BCUT2D eigenvalue weighted by Crippen LogP contribution is 2.45. The lowest BCUT2D eigenvalue weighted by molar-refractivity contribution is -0.144. The Morgan fingerprint density at radius 2 is 2.31 bits per heavy atom. The van der Waals surface area contributed by atoms with Gasteiger partial charge in [-0.15, -0.1) is 0 Å². The second-order valence-corrected chi connectivity index (χ2v) is 4.82. The van der Waals surface area contributed by atoms with Crippen molar-refractivity contribution >= 4 is 5.97 Å². The fourth-order valence-corrected chi connectivity index (χ4v) is 2.45. The normalized spacial score (nSPS) is 39.3. The van der Waals surface area contributed by atoms with Crippen molar-refractivity contribution in [2.45, 2.75) is 26.2 Å². The van der Waals surface area contributed by atoms with Gasteiger partial charge in [-0.05, 0) is 17.8 Å². The highest BCUT2D eigenvalue weighted by molar-refractivity contribution is 5.71. The molecule has 1 saturated carbocycles. The van der Waals surface area contributed by atoms with E-state index < -0.39 is 5.97 Å². The lowest BCUT2D eigenvalue weighted by atomic mass is 9.76. The maximum absolute atomic E-state index is 11.0. The zero-order valence-electron chi connectivity index (χ0n) is 8.05. The first kappa shape index (κ1) is 9.00. The van der Waals surface area contributed by atoms with E-state index in [9.17, 15) is 4.79 Å². The van der Waals surface area contributed by atoms with Gasteiger partial charge in [0.2, 0.25) is 0 Å². The topological polar surface area (TPSA) is 49.3 Å². The number of hydrogen-bond donors (Lipinski definition) is 2. The quantitative estimate of drug-likeness (QED) is 0.688. The Kier molecular flexibility index (Phi) is 2.06. The van der Waals surface area contributed by atoms with E-state index in [4.69, 9.17) is 5.11 Å². The third kappa shape index (κ3) is 1.70. The molecule has 0 amide bonds. The number of hydrogen-bond acceptors (Lipinski definition) is 2. The summed E-state index contributed by atoms with van der Waals surface area (Å²) < 4.78 is 0. The number of nitrogens with one attached hydrogen (secondary N) is 1. The average molecular weight is 183 g/mol. The van der Waals surface area contributed by atoms with E-state index in [1.165, 1.54) is 12.8 Å². The molecule has 1 aliphatic carbocycles. The summed E-state index contributed by atoms with van der Waals surface area (Å²) in [6, 6.07) is 0. The van der Waals surface area contributed by atoms with Crippen LogP contribution in [0.4, 0.5) is 0 Å². The van der Waals surface area contributed by atoms with Crippen molar-refractivity contribution in [1.29, 1.82) is 0 Å². The highest BCUT2D eigenvalue weighted by atomic mass is 16.4. The first-order valence-corrected chi connectivity index (χ1v) is 5.05. The Morgan fingerprint density at radius 1 is 1.62 bits per heavy atom. The molecule has 0 radical (unpaired) electrons. The van der Waals surface area contributed by atoms with E-state index in [0.29, 0.717) is 6.54 Å². The average Bonchev–Trinajstić information content (AvgIpc) is 2.72. The molecule has 1 heterocycles. The van der Waals surface area contributed by atoms with Crippen LogP contribution in [0.3, 0.4) is 0 Å². The van der Waals surface area contributed by atoms with E-state index in [1.54, 1.807) is 0 Å². The van der Waals surface area contributed by atoms with Crippen molar-refractivity contribution in [3.05, 3.63) is 0 Å². The van der Waals surface area contributed by atoms with Crippen LogP contribution in [-0.4, -0.2) is 24.2 Å². The van der Waals surface area contributed by atoms with Crippen molar-refractivity contribution in [1.82, 2.24) is 5.32 Å². The molecular weight excluding hydrogens is 166 g/mol. The Bertz CT molecular complexity index is 225. The van der Waals surface area contributed by atoms with Gasteiger partial charge in [0.25, 0.3) is 0 Å². The van der Waals surface area contributed by atoms with E-state index >= 15 is 0 Å². The van der Waals surface area contributed by atoms with Crippen LogP contribution in [0.5, 0.6) is 0 Å². The van der Waals surface area contributed by atoms with Gasteiger partial charge < -0.3 is 10.4 Å². The Balaban J connectivity index is 2.04. The predicted octanol–water partition coefficient (Wildman–Crippen LogP) is 1.10. The fourth-order valence-electron chi connectivity index (χ4n) is 2.45. The van der Waals surface area contributed by atoms with Gasteiger partial charge in [0.1, 0.15) is 0 Å². The van der Waals surface area contributed by atoms with Crippen molar-refractivity contribution in [2.24, 2.45) is 17.3 Å². The molecule has 13 heavy (non-hydrogen) atoms. The molecule has 74 valence electrons. The zero-order valence-corrected chi connectivity index (χ0v) is 8.05. The lowest BCUT2D eigenvalue weighted by Crippen LogP contribution is -2.32. The van der Waals surface area contributed by atoms with Gasteiger partial charge in [0, 0.05) is 13.1 Å². The summed E-state index contributed by atoms with van der Waals surface area (Å²) in [6.45, 7) is 3.64. The van der Waals surface area contributed by atoms with E-state index in [0.717, 1.165) is 18.9 Å². The molecule has 2 unspecified atom stereocenters. The molecule has 0 aromatic heterocycles. The summed E-state index contributed by atoms with van der Waals surface area (Å²) in [5.41, 5.74) is 0.00694. The van der Waals surface area contributed by atoms with Crippen molar-refractivity contribution in [2.75, 3.05) is 13.1 Å². The smallest absolute Gasteiger partial charge is 0.308 e. The third-order valence-electron chi connectivity index (χ3n) is 3.47. The molecule has 0 spiro atoms. The first-order valence-electron chi connectivity index (χ1n) is 5.05. The van der Waals surface area contributed by atoms with Crippen molar-refractivity contribution < 1.29 is 9.90 Å². The summed E-state index contributed by atoms with van der Waals surface area (Å²) in [5.74, 6) is 0.00741. The molecule has 2 N–H and O–H groups in total. The van der Waals surface area contributed by atoms with Crippen LogP contribution < -0.4 is 5.32 Å². The van der Waals surface area contributed by atoms with Crippen molar-refractivity contribution in [3.63, 3.8) is 0 Å². The van der Waals surface area contributed by atoms with Gasteiger partial charge in [-0.1, -0.05) is 19.8 Å². The SMILES string of the molecule is CC1(CC2CC2)CNCC1C(=O)O. The molecule has 1 saturated heterocycles. The Morgan fingerprint density at radius 3 is 2.85 bits per heavy atom. The molecule has 2 aliphatic rings. The van der Waals surface area contributed by atoms with Gasteiger partial charge in [-0.2, -0.15) is 0 Å². The summed E-state index contributed by atoms with van der Waals surface area (Å²) in [4.78, 5) is 11.0. The van der Waals surface area contributed by atoms with Crippen LogP contribution in [0, 0.1) is 17.3 Å². The van der Waals surface area contributed by atoms with E-state index in [2.05, 4.69) is 12.2 Å². The van der Waals surface area contributed by atoms with Crippen LogP contribution in [-0.2, 0) is 4.79 Å². The molecule has 2 atom stereocenters. The first-order chi connectivity index (χ1) is 6.12. The monoisotopic (exact) mass is 183 g/mol. The third-order valence-corrected chi connectivity index (χ3v) is 3.47. The molecule has 1 aliphatic heterocycles. The molecule has 2 rings (SSSR count). The van der Waals surface area contributed by atoms with Crippen LogP contribution in [0.1, 0.15) is 26.2 Å². The molecule has 3 nitrogen and oxygen atoms in total. The fraction of sp³-hybridized carbons (Fsp3) is 0.900. The van der Waals surface area contributed by atoms with Gasteiger partial charge in [0.15, 0.2) is 0 Å². The minimum absolute atomic E-state index is 0.00694. The second-order valence-electron chi connectivity index (χ2n) is 4.82. The minimum Gasteiger partial charge on any atom is -0.481 e. The summed E-state index contributed by atoms with van der Waals surface area (Å²) in [5, 5.41) is 12.2. The van der Waals surface area contributed by atoms with Gasteiger partial charge in [-0.3, -0.25) is 4.79 Å². The van der Waals surface area contributed by atoms with Gasteiger partial charge in [-0.25, -0.2) is 0 Å². The molecule has 0 aromatic rings. The Labute approximate surface area is 78.5 Å². The minimum atomic E-state index is -0.631. The highest BCUT2D eigenvalue weighted by Gasteiger charge is 2.45. The van der Waals surface area contributed by atoms with E-state index in [1.807, 2.05) is 0 Å². The maximum atomic E-state index is 11.0. The summed E-state index contributed by atoms with van der Waals surface area (Å²) >= 11 is 0. The van der Waals surface area contributed by atoms with E-state index in [-0.39, 0.29) is 11.3 Å². The number of carboxylic acids is 1. The lowest BCUT2D eigenvalue weighted by Gasteiger charge is -2.27. The number of aliphatic carboxylic acids is 1. The zero-order chi connectivity index (χ0) is 9.47. The predicted molar refractivity (Wildman–Crippen MR) is 49.4 cm³/mol. The van der Waals surface area contributed by atoms with Crippen LogP contribution in [0.25, 0.3) is 0 Å². The van der Waals surface area contributed by atoms with Gasteiger partial charge in [0.05, 0.1) is 5.92 Å². The number of carbonyl (C=O) groups is 1. The summed E-state index contributed by atoms with van der Waals surface area (Å²) in [7, 11) is 0. The standard InChI is InChI=1S/C10H17NO2/c1-10(4-7-2-3-7)6-11-5-8(10)9(12)13/h7-8,11H,2-6H2,1H3,(H,12,13). The number of carboxylic acid groups (broad SMARTS) is 1. The van der Waals surface area contributed by atoms with Crippen LogP contribution >= 0.6 is 0 Å². The molecule has 2 fully saturated rings. The van der Waals surface area contributed by atoms with Crippen LogP contribution in [0.15, 0.2) is 0 Å². The van der Waals surface area contributed by atoms with Gasteiger partial charge >= 0.3 is 5.97 Å². The molecule has 0 aromatic carbocycles. The molecule has 3 heteroatoms. The molecule has 0 bridgehead atoms. The summed E-state index contributed by atoms with van der Waals surface area (Å²) in [6.07, 6.45) is 3.71. The van der Waals surface area contributed by atoms with Crippen molar-refractivity contribution in [3.8, 4) is 0 Å². The Hall–Kier alpha value is -0.570. The van der Waals surface area contributed by atoms with Crippen LogP contribution in [0.2, 0.25) is 0 Å². The second kappa shape index (κ2) is 2.98.